The zero-order valence-corrected chi connectivity index (χ0v) is 18.5. The molecule has 0 aliphatic heterocycles. The number of nitrogens with one attached hydrogen (secondary N) is 1. The number of hydrogen-bond acceptors (Lipinski definition) is 3. The van der Waals surface area contributed by atoms with Crippen LogP contribution in [0.4, 0.5) is 0 Å². The van der Waals surface area contributed by atoms with E-state index in [2.05, 4.69) is 10.4 Å². The molecule has 0 saturated heterocycles. The van der Waals surface area contributed by atoms with Crippen LogP contribution in [0.3, 0.4) is 0 Å². The summed E-state index contributed by atoms with van der Waals surface area (Å²) in [6.07, 6.45) is 1.67. The number of aromatic nitrogens is 3. The molecule has 5 rings (SSSR count). The first-order chi connectivity index (χ1) is 16.1. The predicted octanol–water partition coefficient (Wildman–Crippen LogP) is 4.37. The van der Waals surface area contributed by atoms with Crippen molar-refractivity contribution in [3.05, 3.63) is 112 Å². The Labute approximate surface area is 195 Å². The fourth-order valence-corrected chi connectivity index (χ4v) is 4.27. The standard InChI is InChI=1S/C26H21ClN4O2/c27-22-12-6-4-10-19(22)14-28-24(32)17-31-26(33)25-21(15-29-31)20-11-5-7-13-23(20)30(25)16-18-8-2-1-3-9-18/h1-13,15H,14,16-17H2,(H,28,32). The van der Waals surface area contributed by atoms with E-state index in [1.807, 2.05) is 77.4 Å². The molecule has 164 valence electrons. The highest BCUT2D eigenvalue weighted by Gasteiger charge is 2.17. The fraction of sp³-hybridized carbons (Fsp3) is 0.115. The molecule has 6 nitrogen and oxygen atoms in total. The Balaban J connectivity index is 1.49. The van der Waals surface area contributed by atoms with E-state index in [1.54, 1.807) is 12.3 Å². The van der Waals surface area contributed by atoms with E-state index in [0.29, 0.717) is 17.1 Å². The van der Waals surface area contributed by atoms with Gasteiger partial charge in [0, 0.05) is 34.4 Å². The van der Waals surface area contributed by atoms with Crippen molar-refractivity contribution in [1.82, 2.24) is 19.7 Å². The van der Waals surface area contributed by atoms with Crippen LogP contribution >= 0.6 is 11.6 Å². The average molecular weight is 457 g/mol. The Kier molecular flexibility index (Phi) is 5.67. The molecular weight excluding hydrogens is 436 g/mol. The highest BCUT2D eigenvalue weighted by molar-refractivity contribution is 6.31. The first kappa shape index (κ1) is 21.0. The number of para-hydroxylation sites is 1. The molecule has 0 aliphatic rings. The van der Waals surface area contributed by atoms with E-state index in [9.17, 15) is 9.59 Å². The van der Waals surface area contributed by atoms with Crippen LogP contribution in [0.25, 0.3) is 21.8 Å². The van der Waals surface area contributed by atoms with Crippen LogP contribution in [-0.4, -0.2) is 20.3 Å². The van der Waals surface area contributed by atoms with Gasteiger partial charge in [-0.3, -0.25) is 9.59 Å². The smallest absolute Gasteiger partial charge is 0.291 e. The summed E-state index contributed by atoms with van der Waals surface area (Å²) in [5, 5.41) is 9.43. The minimum atomic E-state index is -0.311. The molecule has 7 heteroatoms. The van der Waals surface area contributed by atoms with Crippen LogP contribution in [0, 0.1) is 0 Å². The van der Waals surface area contributed by atoms with Gasteiger partial charge in [-0.2, -0.15) is 5.10 Å². The van der Waals surface area contributed by atoms with E-state index in [4.69, 9.17) is 11.6 Å². The molecule has 33 heavy (non-hydrogen) atoms. The number of halogens is 1. The first-order valence-electron chi connectivity index (χ1n) is 10.6. The van der Waals surface area contributed by atoms with Gasteiger partial charge in [0.15, 0.2) is 0 Å². The van der Waals surface area contributed by atoms with Gasteiger partial charge in [0.05, 0.1) is 6.20 Å². The lowest BCUT2D eigenvalue weighted by Crippen LogP contribution is -2.33. The molecule has 0 spiro atoms. The molecule has 1 amide bonds. The second-order valence-corrected chi connectivity index (χ2v) is 8.23. The molecule has 2 heterocycles. The number of amides is 1. The zero-order valence-electron chi connectivity index (χ0n) is 17.7. The van der Waals surface area contributed by atoms with E-state index in [-0.39, 0.29) is 24.6 Å². The Hall–Kier alpha value is -3.90. The lowest BCUT2D eigenvalue weighted by atomic mass is 10.2. The number of nitrogens with zero attached hydrogens (tertiary/aromatic N) is 3. The van der Waals surface area contributed by atoms with Gasteiger partial charge in [0.1, 0.15) is 12.1 Å². The molecule has 3 aromatic carbocycles. The average Bonchev–Trinajstić information content (AvgIpc) is 3.15. The first-order valence-corrected chi connectivity index (χ1v) is 11.0. The van der Waals surface area contributed by atoms with Gasteiger partial charge in [-0.1, -0.05) is 78.3 Å². The molecule has 5 aromatic rings. The van der Waals surface area contributed by atoms with Crippen molar-refractivity contribution in [1.29, 1.82) is 0 Å². The Morgan fingerprint density at radius 3 is 2.45 bits per heavy atom. The summed E-state index contributed by atoms with van der Waals surface area (Å²) >= 11 is 6.16. The molecule has 0 bridgehead atoms. The maximum atomic E-state index is 13.5. The molecule has 2 aromatic heterocycles. The van der Waals surface area contributed by atoms with Crippen LogP contribution in [0.1, 0.15) is 11.1 Å². The highest BCUT2D eigenvalue weighted by atomic mass is 35.5. The van der Waals surface area contributed by atoms with Crippen LogP contribution in [-0.2, 0) is 24.4 Å². The van der Waals surface area contributed by atoms with E-state index in [1.165, 1.54) is 4.68 Å². The zero-order chi connectivity index (χ0) is 22.8. The number of rotatable bonds is 6. The summed E-state index contributed by atoms with van der Waals surface area (Å²) in [5.41, 5.74) is 3.09. The lowest BCUT2D eigenvalue weighted by molar-refractivity contribution is -0.122. The molecular formula is C26H21ClN4O2. The third kappa shape index (κ3) is 4.13. The van der Waals surface area contributed by atoms with Crippen molar-refractivity contribution in [2.75, 3.05) is 0 Å². The van der Waals surface area contributed by atoms with Crippen molar-refractivity contribution < 1.29 is 4.79 Å². The van der Waals surface area contributed by atoms with Crippen LogP contribution in [0.5, 0.6) is 0 Å². The molecule has 1 N–H and O–H groups in total. The Bertz CT molecular complexity index is 1520. The maximum absolute atomic E-state index is 13.5. The fourth-order valence-electron chi connectivity index (χ4n) is 4.06. The van der Waals surface area contributed by atoms with Crippen molar-refractivity contribution >= 4 is 39.3 Å². The molecule has 0 fully saturated rings. The van der Waals surface area contributed by atoms with Gasteiger partial charge >= 0.3 is 0 Å². The number of carbonyl (C=O) groups excluding carboxylic acids is 1. The maximum Gasteiger partial charge on any atom is 0.291 e. The molecule has 0 radical (unpaired) electrons. The third-order valence-electron chi connectivity index (χ3n) is 5.68. The van der Waals surface area contributed by atoms with Crippen LogP contribution in [0.2, 0.25) is 5.02 Å². The Morgan fingerprint density at radius 2 is 1.64 bits per heavy atom. The number of benzene rings is 3. The minimum absolute atomic E-state index is 0.175. The summed E-state index contributed by atoms with van der Waals surface area (Å²) in [7, 11) is 0. The summed E-state index contributed by atoms with van der Waals surface area (Å²) in [6, 6.07) is 25.2. The largest absolute Gasteiger partial charge is 0.350 e. The topological polar surface area (TPSA) is 68.9 Å². The quantitative estimate of drug-likeness (QED) is 0.412. The van der Waals surface area contributed by atoms with Crippen LogP contribution in [0.15, 0.2) is 89.9 Å². The van der Waals surface area contributed by atoms with Gasteiger partial charge in [-0.05, 0) is 23.3 Å². The second kappa shape index (κ2) is 8.92. The molecule has 0 saturated carbocycles. The monoisotopic (exact) mass is 456 g/mol. The minimum Gasteiger partial charge on any atom is -0.350 e. The van der Waals surface area contributed by atoms with Crippen molar-refractivity contribution in [3.8, 4) is 0 Å². The molecule has 0 atom stereocenters. The summed E-state index contributed by atoms with van der Waals surface area (Å²) in [5.74, 6) is -0.311. The van der Waals surface area contributed by atoms with E-state index < -0.39 is 0 Å². The van der Waals surface area contributed by atoms with Gasteiger partial charge in [0.2, 0.25) is 5.91 Å². The van der Waals surface area contributed by atoms with Gasteiger partial charge in [-0.15, -0.1) is 0 Å². The SMILES string of the molecule is O=C(Cn1ncc2c3ccccc3n(Cc3ccccc3)c2c1=O)NCc1ccccc1Cl. The predicted molar refractivity (Wildman–Crippen MR) is 130 cm³/mol. The van der Waals surface area contributed by atoms with Crippen LogP contribution < -0.4 is 10.9 Å². The van der Waals surface area contributed by atoms with Gasteiger partial charge < -0.3 is 9.88 Å². The van der Waals surface area contributed by atoms with Gasteiger partial charge in [-0.25, -0.2) is 4.68 Å². The third-order valence-corrected chi connectivity index (χ3v) is 6.05. The number of hydrogen-bond donors (Lipinski definition) is 1. The van der Waals surface area contributed by atoms with Crippen molar-refractivity contribution in [3.63, 3.8) is 0 Å². The molecule has 0 unspecified atom stereocenters. The number of fused-ring (bicyclic) bond motifs is 3. The summed E-state index contributed by atoms with van der Waals surface area (Å²) in [4.78, 5) is 26.0. The summed E-state index contributed by atoms with van der Waals surface area (Å²) in [6.45, 7) is 0.651. The normalized spacial score (nSPS) is 11.2. The van der Waals surface area contributed by atoms with Crippen molar-refractivity contribution in [2.24, 2.45) is 0 Å². The van der Waals surface area contributed by atoms with E-state index in [0.717, 1.165) is 27.4 Å². The van der Waals surface area contributed by atoms with Crippen molar-refractivity contribution in [2.45, 2.75) is 19.6 Å². The summed E-state index contributed by atoms with van der Waals surface area (Å²) < 4.78 is 3.22. The van der Waals surface area contributed by atoms with Gasteiger partial charge in [0.25, 0.3) is 5.56 Å². The lowest BCUT2D eigenvalue weighted by Gasteiger charge is -2.10. The number of carbonyl (C=O) groups is 1. The highest BCUT2D eigenvalue weighted by Crippen LogP contribution is 2.27. The Morgan fingerprint density at radius 1 is 0.909 bits per heavy atom. The second-order valence-electron chi connectivity index (χ2n) is 7.83. The molecule has 0 aliphatic carbocycles. The van der Waals surface area contributed by atoms with E-state index >= 15 is 0 Å².